The van der Waals surface area contributed by atoms with E-state index in [1.165, 1.54) is 6.92 Å². The summed E-state index contributed by atoms with van der Waals surface area (Å²) < 4.78 is 4.77. The van der Waals surface area contributed by atoms with E-state index in [0.717, 1.165) is 5.56 Å². The second-order valence-corrected chi connectivity index (χ2v) is 4.64. The van der Waals surface area contributed by atoms with Crippen LogP contribution in [0.4, 0.5) is 0 Å². The quantitative estimate of drug-likeness (QED) is 0.331. The summed E-state index contributed by atoms with van der Waals surface area (Å²) in [6.07, 6.45) is 0. The molecule has 112 valence electrons. The zero-order valence-corrected chi connectivity index (χ0v) is 11.5. The van der Waals surface area contributed by atoms with E-state index in [2.05, 4.69) is 10.8 Å². The molecule has 1 aliphatic heterocycles. The van der Waals surface area contributed by atoms with Gasteiger partial charge in [0.2, 0.25) is 5.91 Å². The Morgan fingerprint density at radius 2 is 2.00 bits per heavy atom. The van der Waals surface area contributed by atoms with E-state index in [1.807, 2.05) is 30.3 Å². The SMILES string of the molecule is CC(=O)OCC1NC(=O)C1C(=O)NOCc1ccccc1. The highest BCUT2D eigenvalue weighted by molar-refractivity contribution is 6.05. The lowest BCUT2D eigenvalue weighted by molar-refractivity contribution is -0.158. The molecule has 21 heavy (non-hydrogen) atoms. The summed E-state index contributed by atoms with van der Waals surface area (Å²) >= 11 is 0. The third-order valence-electron chi connectivity index (χ3n) is 3.02. The molecule has 0 aromatic heterocycles. The Hall–Kier alpha value is -2.41. The first-order valence-electron chi connectivity index (χ1n) is 6.47. The van der Waals surface area contributed by atoms with Crippen LogP contribution in [0.2, 0.25) is 0 Å². The van der Waals surface area contributed by atoms with Gasteiger partial charge < -0.3 is 10.1 Å². The summed E-state index contributed by atoms with van der Waals surface area (Å²) in [6, 6.07) is 8.78. The Kier molecular flexibility index (Phi) is 4.89. The van der Waals surface area contributed by atoms with Crippen molar-refractivity contribution >= 4 is 17.8 Å². The molecule has 2 unspecified atom stereocenters. The van der Waals surface area contributed by atoms with Crippen molar-refractivity contribution in [2.45, 2.75) is 19.6 Å². The van der Waals surface area contributed by atoms with Gasteiger partial charge in [-0.1, -0.05) is 30.3 Å². The summed E-state index contributed by atoms with van der Waals surface area (Å²) in [4.78, 5) is 39.0. The largest absolute Gasteiger partial charge is 0.464 e. The van der Waals surface area contributed by atoms with Gasteiger partial charge in [0.1, 0.15) is 12.5 Å². The van der Waals surface area contributed by atoms with Crippen LogP contribution in [0.5, 0.6) is 0 Å². The number of esters is 1. The Labute approximate surface area is 121 Å². The number of rotatable bonds is 6. The predicted molar refractivity (Wildman–Crippen MR) is 71.4 cm³/mol. The monoisotopic (exact) mass is 292 g/mol. The maximum atomic E-state index is 11.8. The maximum Gasteiger partial charge on any atom is 0.302 e. The van der Waals surface area contributed by atoms with Gasteiger partial charge >= 0.3 is 5.97 Å². The number of carbonyl (C=O) groups excluding carboxylic acids is 3. The van der Waals surface area contributed by atoms with Crippen LogP contribution in [0.3, 0.4) is 0 Å². The van der Waals surface area contributed by atoms with Gasteiger partial charge in [-0.05, 0) is 5.56 Å². The smallest absolute Gasteiger partial charge is 0.302 e. The Morgan fingerprint density at radius 1 is 1.29 bits per heavy atom. The highest BCUT2D eigenvalue weighted by Crippen LogP contribution is 2.16. The fourth-order valence-electron chi connectivity index (χ4n) is 1.92. The van der Waals surface area contributed by atoms with E-state index in [9.17, 15) is 14.4 Å². The molecule has 7 nitrogen and oxygen atoms in total. The molecule has 0 spiro atoms. The topological polar surface area (TPSA) is 93.7 Å². The molecule has 0 radical (unpaired) electrons. The number of carbonyl (C=O) groups is 3. The van der Waals surface area contributed by atoms with Gasteiger partial charge in [-0.2, -0.15) is 0 Å². The van der Waals surface area contributed by atoms with Crippen molar-refractivity contribution in [3.63, 3.8) is 0 Å². The second-order valence-electron chi connectivity index (χ2n) is 4.64. The molecular weight excluding hydrogens is 276 g/mol. The number of β-lactam (4-membered cyclic amide) rings is 1. The van der Waals surface area contributed by atoms with Crippen molar-refractivity contribution < 1.29 is 24.0 Å². The first kappa shape index (κ1) is 15.0. The summed E-state index contributed by atoms with van der Waals surface area (Å²) in [5.41, 5.74) is 3.14. The van der Waals surface area contributed by atoms with Crippen LogP contribution in [-0.2, 0) is 30.6 Å². The first-order valence-corrected chi connectivity index (χ1v) is 6.47. The maximum absolute atomic E-state index is 11.8. The highest BCUT2D eigenvalue weighted by Gasteiger charge is 2.45. The Morgan fingerprint density at radius 3 is 2.62 bits per heavy atom. The molecular formula is C14H16N2O5. The van der Waals surface area contributed by atoms with Crippen LogP contribution in [0.25, 0.3) is 0 Å². The van der Waals surface area contributed by atoms with Gasteiger partial charge in [-0.25, -0.2) is 5.48 Å². The van der Waals surface area contributed by atoms with Crippen molar-refractivity contribution in [2.24, 2.45) is 5.92 Å². The van der Waals surface area contributed by atoms with Crippen LogP contribution >= 0.6 is 0 Å². The zero-order chi connectivity index (χ0) is 15.2. The van der Waals surface area contributed by atoms with E-state index in [1.54, 1.807) is 0 Å². The second kappa shape index (κ2) is 6.85. The fourth-order valence-corrected chi connectivity index (χ4v) is 1.92. The molecule has 0 aliphatic carbocycles. The van der Waals surface area contributed by atoms with Crippen molar-refractivity contribution in [1.82, 2.24) is 10.8 Å². The van der Waals surface area contributed by atoms with Crippen molar-refractivity contribution in [2.75, 3.05) is 6.61 Å². The number of hydrogen-bond donors (Lipinski definition) is 2. The van der Waals surface area contributed by atoms with Crippen LogP contribution in [0.1, 0.15) is 12.5 Å². The van der Waals surface area contributed by atoms with Crippen LogP contribution < -0.4 is 10.8 Å². The van der Waals surface area contributed by atoms with Gasteiger partial charge in [-0.3, -0.25) is 19.2 Å². The van der Waals surface area contributed by atoms with E-state index < -0.39 is 29.7 Å². The third kappa shape index (κ3) is 4.03. The highest BCUT2D eigenvalue weighted by atomic mass is 16.6. The lowest BCUT2D eigenvalue weighted by Crippen LogP contribution is -2.65. The molecule has 2 atom stereocenters. The van der Waals surface area contributed by atoms with Crippen LogP contribution in [-0.4, -0.2) is 30.4 Å². The van der Waals surface area contributed by atoms with Crippen molar-refractivity contribution in [3.8, 4) is 0 Å². The van der Waals surface area contributed by atoms with Crippen LogP contribution in [0.15, 0.2) is 30.3 Å². The molecule has 0 saturated carbocycles. The van der Waals surface area contributed by atoms with Crippen LogP contribution in [0, 0.1) is 5.92 Å². The minimum atomic E-state index is -0.903. The molecule has 1 aromatic rings. The van der Waals surface area contributed by atoms with E-state index >= 15 is 0 Å². The van der Waals surface area contributed by atoms with Crippen molar-refractivity contribution in [3.05, 3.63) is 35.9 Å². The minimum absolute atomic E-state index is 0.0299. The Balaban J connectivity index is 1.76. The average Bonchev–Trinajstić information content (AvgIpc) is 2.44. The number of hydrogen-bond acceptors (Lipinski definition) is 5. The third-order valence-corrected chi connectivity index (χ3v) is 3.02. The first-order chi connectivity index (χ1) is 10.1. The molecule has 1 saturated heterocycles. The van der Waals surface area contributed by atoms with Gasteiger partial charge in [0, 0.05) is 6.92 Å². The zero-order valence-electron chi connectivity index (χ0n) is 11.5. The number of amides is 2. The number of nitrogens with one attached hydrogen (secondary N) is 2. The number of benzene rings is 1. The summed E-state index contributed by atoms with van der Waals surface area (Å²) in [5.74, 6) is -2.32. The minimum Gasteiger partial charge on any atom is -0.464 e. The molecule has 2 amide bonds. The molecule has 1 aromatic carbocycles. The summed E-state index contributed by atoms with van der Waals surface area (Å²) in [6.45, 7) is 1.44. The lowest BCUT2D eigenvalue weighted by atomic mass is 9.90. The van der Waals surface area contributed by atoms with E-state index in [0.29, 0.717) is 0 Å². The summed E-state index contributed by atoms with van der Waals surface area (Å²) in [5, 5.41) is 2.50. The standard InChI is InChI=1S/C14H16N2O5/c1-9(17)20-8-11-12(13(18)15-11)14(19)16-21-7-10-5-3-2-4-6-10/h2-6,11-12H,7-8H2,1H3,(H,15,18)(H,16,19). The lowest BCUT2D eigenvalue weighted by Gasteiger charge is -2.34. The molecule has 7 heteroatoms. The normalized spacial score (nSPS) is 20.1. The molecule has 1 heterocycles. The van der Waals surface area contributed by atoms with Gasteiger partial charge in [0.25, 0.3) is 5.91 Å². The van der Waals surface area contributed by atoms with E-state index in [-0.39, 0.29) is 13.2 Å². The van der Waals surface area contributed by atoms with Gasteiger partial charge in [0.15, 0.2) is 0 Å². The predicted octanol–water partition coefficient (Wildman–Crippen LogP) is -0.0879. The molecule has 1 aliphatic rings. The van der Waals surface area contributed by atoms with Gasteiger partial charge in [-0.15, -0.1) is 0 Å². The fraction of sp³-hybridized carbons (Fsp3) is 0.357. The molecule has 0 bridgehead atoms. The number of hydroxylamine groups is 1. The average molecular weight is 292 g/mol. The molecule has 1 fully saturated rings. The van der Waals surface area contributed by atoms with Crippen molar-refractivity contribution in [1.29, 1.82) is 0 Å². The molecule has 2 rings (SSSR count). The Bertz CT molecular complexity index is 531. The van der Waals surface area contributed by atoms with E-state index in [4.69, 9.17) is 9.57 Å². The number of ether oxygens (including phenoxy) is 1. The molecule has 2 N–H and O–H groups in total. The van der Waals surface area contributed by atoms with Gasteiger partial charge in [0.05, 0.1) is 12.6 Å². The summed E-state index contributed by atoms with van der Waals surface area (Å²) in [7, 11) is 0.